The molecule has 0 radical (unpaired) electrons. The molecule has 0 fully saturated rings. The molecular formula is C21H24N2O6. The molecule has 1 unspecified atom stereocenters. The van der Waals surface area contributed by atoms with E-state index in [9.17, 15) is 14.4 Å². The van der Waals surface area contributed by atoms with Gasteiger partial charge in [-0.3, -0.25) is 0 Å². The second kappa shape index (κ2) is 10.7. The molecule has 8 heteroatoms. The molecule has 0 aromatic heterocycles. The number of hydrogen-bond acceptors (Lipinski definition) is 6. The molecule has 29 heavy (non-hydrogen) atoms. The lowest BCUT2D eigenvalue weighted by molar-refractivity contribution is 0.0580. The first-order valence-electron chi connectivity index (χ1n) is 9.22. The second-order valence-corrected chi connectivity index (χ2v) is 5.91. The summed E-state index contributed by atoms with van der Waals surface area (Å²) in [6.07, 6.45) is -1.52. The molecule has 1 N–H and O–H groups in total. The second-order valence-electron chi connectivity index (χ2n) is 5.91. The van der Waals surface area contributed by atoms with Crippen LogP contribution in [0.15, 0.2) is 54.6 Å². The van der Waals surface area contributed by atoms with Gasteiger partial charge in [0.05, 0.1) is 24.8 Å². The van der Waals surface area contributed by atoms with Crippen LogP contribution in [0.2, 0.25) is 0 Å². The molecule has 0 aliphatic heterocycles. The lowest BCUT2D eigenvalue weighted by atomic mass is 10.1. The zero-order valence-corrected chi connectivity index (χ0v) is 16.6. The molecule has 0 saturated heterocycles. The van der Waals surface area contributed by atoms with Crippen LogP contribution >= 0.6 is 0 Å². The molecule has 8 nitrogen and oxygen atoms in total. The fourth-order valence-electron chi connectivity index (χ4n) is 2.48. The Morgan fingerprint density at radius 1 is 0.966 bits per heavy atom. The molecule has 0 bridgehead atoms. The van der Waals surface area contributed by atoms with Crippen molar-refractivity contribution < 1.29 is 28.6 Å². The number of esters is 1. The van der Waals surface area contributed by atoms with Gasteiger partial charge in [-0.1, -0.05) is 30.3 Å². The smallest absolute Gasteiger partial charge is 0.429 e. The molecule has 2 aromatic carbocycles. The molecular weight excluding hydrogens is 376 g/mol. The first-order chi connectivity index (χ1) is 14.0. The van der Waals surface area contributed by atoms with Crippen molar-refractivity contribution in [1.29, 1.82) is 0 Å². The van der Waals surface area contributed by atoms with E-state index in [4.69, 9.17) is 14.2 Å². The summed E-state index contributed by atoms with van der Waals surface area (Å²) in [5, 5.41) is 1.03. The minimum absolute atomic E-state index is 0.140. The molecule has 2 aromatic rings. The average Bonchev–Trinajstić information content (AvgIpc) is 2.72. The van der Waals surface area contributed by atoms with Gasteiger partial charge in [0.25, 0.3) is 0 Å². The highest BCUT2D eigenvalue weighted by Crippen LogP contribution is 2.24. The van der Waals surface area contributed by atoms with Gasteiger partial charge in [-0.05, 0) is 50.6 Å². The first kappa shape index (κ1) is 21.7. The standard InChI is InChI=1S/C21H24N2O6/c1-4-27-20(25)22-23(21(26)28-5-2)15(3)17-12-9-13-18(14-17)29-19(24)16-10-7-6-8-11-16/h6-15H,4-5H2,1-3H3,(H,22,25). The van der Waals surface area contributed by atoms with E-state index >= 15 is 0 Å². The lowest BCUT2D eigenvalue weighted by Crippen LogP contribution is -2.48. The van der Waals surface area contributed by atoms with Gasteiger partial charge in [-0.25, -0.2) is 24.8 Å². The number of amides is 2. The number of ether oxygens (including phenoxy) is 3. The fourth-order valence-corrected chi connectivity index (χ4v) is 2.48. The van der Waals surface area contributed by atoms with Gasteiger partial charge in [0.15, 0.2) is 0 Å². The van der Waals surface area contributed by atoms with Crippen molar-refractivity contribution in [2.75, 3.05) is 13.2 Å². The van der Waals surface area contributed by atoms with Gasteiger partial charge >= 0.3 is 18.2 Å². The van der Waals surface area contributed by atoms with Crippen LogP contribution in [0.5, 0.6) is 5.75 Å². The summed E-state index contributed by atoms with van der Waals surface area (Å²) in [4.78, 5) is 36.4. The van der Waals surface area contributed by atoms with E-state index in [2.05, 4.69) is 5.43 Å². The molecule has 1 atom stereocenters. The van der Waals surface area contributed by atoms with Crippen LogP contribution in [0, 0.1) is 0 Å². The summed E-state index contributed by atoms with van der Waals surface area (Å²) in [6, 6.07) is 14.7. The maximum atomic E-state index is 12.3. The molecule has 0 heterocycles. The summed E-state index contributed by atoms with van der Waals surface area (Å²) in [6.45, 7) is 5.31. The lowest BCUT2D eigenvalue weighted by Gasteiger charge is -2.28. The largest absolute Gasteiger partial charge is 0.449 e. The highest BCUT2D eigenvalue weighted by Gasteiger charge is 2.26. The fraction of sp³-hybridized carbons (Fsp3) is 0.286. The maximum absolute atomic E-state index is 12.3. The summed E-state index contributed by atoms with van der Waals surface area (Å²) < 4.78 is 15.3. The molecule has 2 rings (SSSR count). The van der Waals surface area contributed by atoms with Crippen molar-refractivity contribution in [3.05, 3.63) is 65.7 Å². The zero-order valence-electron chi connectivity index (χ0n) is 16.6. The maximum Gasteiger partial charge on any atom is 0.429 e. The highest BCUT2D eigenvalue weighted by atomic mass is 16.6. The Bertz CT molecular complexity index is 840. The Labute approximate surface area is 169 Å². The van der Waals surface area contributed by atoms with E-state index in [0.29, 0.717) is 16.9 Å². The number of rotatable bonds is 6. The van der Waals surface area contributed by atoms with Crippen molar-refractivity contribution in [2.24, 2.45) is 0 Å². The van der Waals surface area contributed by atoms with Crippen molar-refractivity contribution >= 4 is 18.2 Å². The van der Waals surface area contributed by atoms with Gasteiger partial charge < -0.3 is 14.2 Å². The molecule has 0 aliphatic rings. The quantitative estimate of drug-likeness (QED) is 0.446. The minimum Gasteiger partial charge on any atom is -0.449 e. The Morgan fingerprint density at radius 2 is 1.66 bits per heavy atom. The van der Waals surface area contributed by atoms with Gasteiger partial charge in [-0.15, -0.1) is 0 Å². The molecule has 154 valence electrons. The van der Waals surface area contributed by atoms with Gasteiger partial charge in [0.2, 0.25) is 0 Å². The van der Waals surface area contributed by atoms with Crippen LogP contribution in [-0.4, -0.2) is 36.4 Å². The van der Waals surface area contributed by atoms with E-state index in [0.717, 1.165) is 5.01 Å². The SMILES string of the molecule is CCOC(=O)NN(C(=O)OCC)C(C)c1cccc(OC(=O)c2ccccc2)c1. The third kappa shape index (κ3) is 6.24. The van der Waals surface area contributed by atoms with Crippen molar-refractivity contribution in [2.45, 2.75) is 26.8 Å². The van der Waals surface area contributed by atoms with E-state index in [1.165, 1.54) is 0 Å². The summed E-state index contributed by atoms with van der Waals surface area (Å²) in [5.41, 5.74) is 3.41. The number of carbonyl (C=O) groups is 3. The van der Waals surface area contributed by atoms with Crippen molar-refractivity contribution in [1.82, 2.24) is 10.4 Å². The topological polar surface area (TPSA) is 94.2 Å². The van der Waals surface area contributed by atoms with Crippen LogP contribution in [0.1, 0.15) is 42.7 Å². The van der Waals surface area contributed by atoms with Crippen LogP contribution in [0.3, 0.4) is 0 Å². The van der Waals surface area contributed by atoms with E-state index in [1.54, 1.807) is 75.4 Å². The summed E-state index contributed by atoms with van der Waals surface area (Å²) >= 11 is 0. The number of hydrazine groups is 1. The van der Waals surface area contributed by atoms with Gasteiger partial charge in [0.1, 0.15) is 5.75 Å². The third-order valence-electron chi connectivity index (χ3n) is 3.90. The van der Waals surface area contributed by atoms with E-state index in [1.807, 2.05) is 0 Å². The number of hydrogen-bond donors (Lipinski definition) is 1. The monoisotopic (exact) mass is 400 g/mol. The normalized spacial score (nSPS) is 11.1. The number of nitrogens with zero attached hydrogens (tertiary/aromatic N) is 1. The molecule has 2 amide bonds. The van der Waals surface area contributed by atoms with Crippen molar-refractivity contribution in [3.63, 3.8) is 0 Å². The number of benzene rings is 2. The summed E-state index contributed by atoms with van der Waals surface area (Å²) in [7, 11) is 0. The molecule has 0 saturated carbocycles. The summed E-state index contributed by atoms with van der Waals surface area (Å²) in [5.74, 6) is -0.189. The zero-order chi connectivity index (χ0) is 21.2. The van der Waals surface area contributed by atoms with Crippen molar-refractivity contribution in [3.8, 4) is 5.75 Å². The van der Waals surface area contributed by atoms with Crippen LogP contribution in [0.4, 0.5) is 9.59 Å². The molecule has 0 aliphatic carbocycles. The van der Waals surface area contributed by atoms with Crippen LogP contribution in [0.25, 0.3) is 0 Å². The predicted octanol–water partition coefficient (Wildman–Crippen LogP) is 4.09. The Morgan fingerprint density at radius 3 is 2.31 bits per heavy atom. The Balaban J connectivity index is 2.19. The van der Waals surface area contributed by atoms with Gasteiger partial charge in [-0.2, -0.15) is 0 Å². The van der Waals surface area contributed by atoms with Crippen LogP contribution < -0.4 is 10.2 Å². The Hall–Kier alpha value is -3.55. The average molecular weight is 400 g/mol. The van der Waals surface area contributed by atoms with E-state index < -0.39 is 24.2 Å². The highest BCUT2D eigenvalue weighted by molar-refractivity contribution is 5.91. The Kier molecular flexibility index (Phi) is 8.02. The predicted molar refractivity (Wildman–Crippen MR) is 105 cm³/mol. The van der Waals surface area contributed by atoms with Gasteiger partial charge in [0, 0.05) is 0 Å². The minimum atomic E-state index is -0.779. The first-order valence-corrected chi connectivity index (χ1v) is 9.22. The van der Waals surface area contributed by atoms with Crippen LogP contribution in [-0.2, 0) is 9.47 Å². The number of carbonyl (C=O) groups excluding carboxylic acids is 3. The third-order valence-corrected chi connectivity index (χ3v) is 3.90. The van der Waals surface area contributed by atoms with E-state index in [-0.39, 0.29) is 13.2 Å². The molecule has 0 spiro atoms. The number of nitrogens with one attached hydrogen (secondary N) is 1.